The molecule has 1 N–H and O–H groups in total. The summed E-state index contributed by atoms with van der Waals surface area (Å²) in [5.41, 5.74) is 2.59. The van der Waals surface area contributed by atoms with Gasteiger partial charge < -0.3 is 4.98 Å². The summed E-state index contributed by atoms with van der Waals surface area (Å²) in [4.78, 5) is 5.78. The van der Waals surface area contributed by atoms with Crippen LogP contribution in [0.1, 0.15) is 43.4 Å². The third kappa shape index (κ3) is 2.36. The van der Waals surface area contributed by atoms with E-state index in [2.05, 4.69) is 36.0 Å². The van der Waals surface area contributed by atoms with E-state index in [-0.39, 0.29) is 0 Å². The smallest absolute Gasteiger partial charge is 0.106 e. The molecule has 2 heterocycles. The fraction of sp³-hybridized carbons (Fsp3) is 0.615. The second kappa shape index (κ2) is 5.11. The summed E-state index contributed by atoms with van der Waals surface area (Å²) >= 11 is 5.20. The van der Waals surface area contributed by atoms with E-state index >= 15 is 0 Å². The Labute approximate surface area is 103 Å². The first-order chi connectivity index (χ1) is 7.72. The van der Waals surface area contributed by atoms with Gasteiger partial charge in [-0.2, -0.15) is 0 Å². The fourth-order valence-electron chi connectivity index (χ4n) is 2.57. The molecule has 1 saturated heterocycles. The highest BCUT2D eigenvalue weighted by Gasteiger charge is 2.25. The van der Waals surface area contributed by atoms with Gasteiger partial charge in [-0.15, -0.1) is 0 Å². The maximum absolute atomic E-state index is 5.20. The van der Waals surface area contributed by atoms with Gasteiger partial charge in [-0.05, 0) is 50.4 Å². The predicted molar refractivity (Wildman–Crippen MR) is 70.2 cm³/mol. The average Bonchev–Trinajstić information content (AvgIpc) is 2.71. The first-order valence-electron chi connectivity index (χ1n) is 6.15. The molecule has 16 heavy (non-hydrogen) atoms. The molecule has 0 unspecified atom stereocenters. The predicted octanol–water partition coefficient (Wildman–Crippen LogP) is 3.60. The number of nitrogens with zero attached hydrogens (tertiary/aromatic N) is 1. The van der Waals surface area contributed by atoms with Crippen LogP contribution in [0.15, 0.2) is 12.3 Å². The summed E-state index contributed by atoms with van der Waals surface area (Å²) < 4.78 is 0.865. The lowest BCUT2D eigenvalue weighted by Gasteiger charge is -2.24. The number of aromatic amines is 1. The monoisotopic (exact) mass is 236 g/mol. The molecule has 0 aromatic carbocycles. The minimum Gasteiger partial charge on any atom is -0.352 e. The van der Waals surface area contributed by atoms with Crippen molar-refractivity contribution in [3.63, 3.8) is 0 Å². The van der Waals surface area contributed by atoms with Crippen LogP contribution >= 0.6 is 12.2 Å². The van der Waals surface area contributed by atoms with Gasteiger partial charge in [0.05, 0.1) is 0 Å². The molecule has 88 valence electrons. The number of likely N-dealkylation sites (tertiary alicyclic amines) is 1. The van der Waals surface area contributed by atoms with Crippen molar-refractivity contribution in [1.29, 1.82) is 0 Å². The first-order valence-corrected chi connectivity index (χ1v) is 6.56. The normalized spacial score (nSPS) is 21.5. The van der Waals surface area contributed by atoms with Crippen molar-refractivity contribution in [2.24, 2.45) is 0 Å². The van der Waals surface area contributed by atoms with Crippen LogP contribution in [-0.4, -0.2) is 23.0 Å². The van der Waals surface area contributed by atoms with Crippen LogP contribution in [0.4, 0.5) is 0 Å². The molecule has 1 fully saturated rings. The van der Waals surface area contributed by atoms with E-state index in [0.29, 0.717) is 6.04 Å². The summed E-state index contributed by atoms with van der Waals surface area (Å²) in [6.45, 7) is 6.78. The van der Waals surface area contributed by atoms with Gasteiger partial charge in [0.15, 0.2) is 0 Å². The Morgan fingerprint density at radius 3 is 3.06 bits per heavy atom. The number of H-pyrrole nitrogens is 1. The van der Waals surface area contributed by atoms with E-state index < -0.39 is 0 Å². The van der Waals surface area contributed by atoms with Crippen molar-refractivity contribution in [2.45, 2.75) is 39.2 Å². The summed E-state index contributed by atoms with van der Waals surface area (Å²) in [7, 11) is 0. The quantitative estimate of drug-likeness (QED) is 0.809. The van der Waals surface area contributed by atoms with Gasteiger partial charge in [0, 0.05) is 12.2 Å². The molecule has 1 aromatic rings. The van der Waals surface area contributed by atoms with Gasteiger partial charge in [-0.25, -0.2) is 0 Å². The number of rotatable bonds is 3. The summed E-state index contributed by atoms with van der Waals surface area (Å²) in [5.74, 6) is 0. The Morgan fingerprint density at radius 1 is 1.56 bits per heavy atom. The molecule has 0 spiro atoms. The number of aromatic nitrogens is 1. The van der Waals surface area contributed by atoms with E-state index in [0.717, 1.165) is 4.64 Å². The zero-order valence-electron chi connectivity index (χ0n) is 10.1. The summed E-state index contributed by atoms with van der Waals surface area (Å²) in [6, 6.07) is 2.85. The summed E-state index contributed by atoms with van der Waals surface area (Å²) in [6.07, 6.45) is 5.93. The topological polar surface area (TPSA) is 19.0 Å². The Kier molecular flexibility index (Phi) is 3.77. The van der Waals surface area contributed by atoms with Crippen LogP contribution in [0.3, 0.4) is 0 Å². The Bertz CT molecular complexity index is 411. The van der Waals surface area contributed by atoms with E-state index in [1.54, 1.807) is 0 Å². The van der Waals surface area contributed by atoms with Crippen LogP contribution in [0, 0.1) is 11.6 Å². The Hall–Kier alpha value is -0.670. The third-order valence-corrected chi connectivity index (χ3v) is 3.81. The van der Waals surface area contributed by atoms with Crippen LogP contribution < -0.4 is 0 Å². The van der Waals surface area contributed by atoms with Gasteiger partial charge in [0.2, 0.25) is 0 Å². The Balaban J connectivity index is 2.22. The SMILES string of the molecule is CCCN1CCC[C@@H]1c1c[nH]c(=S)c(C)c1. The van der Waals surface area contributed by atoms with Gasteiger partial charge in [-0.1, -0.05) is 25.2 Å². The zero-order chi connectivity index (χ0) is 11.5. The molecule has 2 rings (SSSR count). The molecular formula is C13H20N2S. The molecule has 2 nitrogen and oxygen atoms in total. The minimum atomic E-state index is 0.602. The van der Waals surface area contributed by atoms with Crippen molar-refractivity contribution in [3.8, 4) is 0 Å². The number of hydrogen-bond acceptors (Lipinski definition) is 2. The van der Waals surface area contributed by atoms with Crippen molar-refractivity contribution in [2.75, 3.05) is 13.1 Å². The average molecular weight is 236 g/mol. The van der Waals surface area contributed by atoms with Crippen LogP contribution in [0.5, 0.6) is 0 Å². The van der Waals surface area contributed by atoms with Crippen molar-refractivity contribution < 1.29 is 0 Å². The molecule has 0 radical (unpaired) electrons. The maximum Gasteiger partial charge on any atom is 0.106 e. The lowest BCUT2D eigenvalue weighted by molar-refractivity contribution is 0.257. The minimum absolute atomic E-state index is 0.602. The highest BCUT2D eigenvalue weighted by atomic mass is 32.1. The molecular weight excluding hydrogens is 216 g/mol. The summed E-state index contributed by atoms with van der Waals surface area (Å²) in [5, 5.41) is 0. The molecule has 0 aliphatic carbocycles. The highest BCUT2D eigenvalue weighted by molar-refractivity contribution is 7.71. The number of aryl methyl sites for hydroxylation is 1. The van der Waals surface area contributed by atoms with Gasteiger partial charge >= 0.3 is 0 Å². The molecule has 0 saturated carbocycles. The largest absolute Gasteiger partial charge is 0.352 e. The highest BCUT2D eigenvalue weighted by Crippen LogP contribution is 2.31. The van der Waals surface area contributed by atoms with Crippen LogP contribution in [0.2, 0.25) is 0 Å². The Morgan fingerprint density at radius 2 is 2.38 bits per heavy atom. The fourth-order valence-corrected chi connectivity index (χ4v) is 2.69. The molecule has 1 aliphatic heterocycles. The number of nitrogens with one attached hydrogen (secondary N) is 1. The third-order valence-electron chi connectivity index (χ3n) is 3.37. The van der Waals surface area contributed by atoms with E-state index in [9.17, 15) is 0 Å². The van der Waals surface area contributed by atoms with Gasteiger partial charge in [0.1, 0.15) is 4.64 Å². The molecule has 3 heteroatoms. The molecule has 1 aromatic heterocycles. The van der Waals surface area contributed by atoms with Crippen LogP contribution in [-0.2, 0) is 0 Å². The van der Waals surface area contributed by atoms with Crippen molar-refractivity contribution in [1.82, 2.24) is 9.88 Å². The van der Waals surface area contributed by atoms with Gasteiger partial charge in [-0.3, -0.25) is 4.90 Å². The van der Waals surface area contributed by atoms with Crippen molar-refractivity contribution in [3.05, 3.63) is 28.0 Å². The van der Waals surface area contributed by atoms with E-state index in [4.69, 9.17) is 12.2 Å². The molecule has 1 atom stereocenters. The van der Waals surface area contributed by atoms with Crippen LogP contribution in [0.25, 0.3) is 0 Å². The lowest BCUT2D eigenvalue weighted by atomic mass is 10.1. The molecule has 0 bridgehead atoms. The van der Waals surface area contributed by atoms with Crippen molar-refractivity contribution >= 4 is 12.2 Å². The standard InChI is InChI=1S/C13H20N2S/c1-3-6-15-7-4-5-12(15)11-8-10(2)13(16)14-9-11/h8-9,12H,3-7H2,1-2H3,(H,14,16)/t12-/m1/s1. The second-order valence-electron chi connectivity index (χ2n) is 4.64. The molecule has 1 aliphatic rings. The van der Waals surface area contributed by atoms with E-state index in [1.807, 2.05) is 0 Å². The first kappa shape index (κ1) is 11.8. The van der Waals surface area contributed by atoms with Gasteiger partial charge in [0.25, 0.3) is 0 Å². The zero-order valence-corrected chi connectivity index (χ0v) is 10.9. The molecule has 0 amide bonds. The second-order valence-corrected chi connectivity index (χ2v) is 5.05. The lowest BCUT2D eigenvalue weighted by Crippen LogP contribution is -2.24. The van der Waals surface area contributed by atoms with E-state index in [1.165, 1.54) is 43.5 Å². The number of hydrogen-bond donors (Lipinski definition) is 1. The maximum atomic E-state index is 5.20. The number of pyridine rings is 1.